The predicted octanol–water partition coefficient (Wildman–Crippen LogP) is 6.09. The van der Waals surface area contributed by atoms with Gasteiger partial charge < -0.3 is 14.8 Å². The average Bonchev–Trinajstić information content (AvgIpc) is 3.43. The summed E-state index contributed by atoms with van der Waals surface area (Å²) in [5.74, 6) is 1.71. The first-order chi connectivity index (χ1) is 14.7. The summed E-state index contributed by atoms with van der Waals surface area (Å²) < 4.78 is 11.2. The summed E-state index contributed by atoms with van der Waals surface area (Å²) in [6.45, 7) is 0.219. The maximum atomic E-state index is 13.5. The van der Waals surface area contributed by atoms with Crippen molar-refractivity contribution in [1.29, 1.82) is 0 Å². The molecule has 0 amide bonds. The zero-order chi connectivity index (χ0) is 20.2. The van der Waals surface area contributed by atoms with Crippen LogP contribution in [-0.4, -0.2) is 12.6 Å². The van der Waals surface area contributed by atoms with Crippen LogP contribution in [0, 0.1) is 0 Å². The van der Waals surface area contributed by atoms with Crippen LogP contribution in [0.5, 0.6) is 11.5 Å². The van der Waals surface area contributed by atoms with Crippen LogP contribution in [0.4, 0.5) is 5.69 Å². The quantitative estimate of drug-likeness (QED) is 0.529. The van der Waals surface area contributed by atoms with Gasteiger partial charge >= 0.3 is 0 Å². The standard InChI is InChI=1S/C24H18ClNO3S/c25-15-5-3-13(4-6-15)23-16-10-20-21(29-12-28-20)11-17(16)26-18-8-14(9-19(27)24(18)23)22-2-1-7-30-22/h1-7,10-11,14,23,26H,8-9,12H2. The summed E-state index contributed by atoms with van der Waals surface area (Å²) >= 11 is 7.86. The van der Waals surface area contributed by atoms with Gasteiger partial charge in [-0.2, -0.15) is 0 Å². The van der Waals surface area contributed by atoms with E-state index in [-0.39, 0.29) is 24.4 Å². The molecule has 2 aliphatic heterocycles. The van der Waals surface area contributed by atoms with Crippen molar-refractivity contribution >= 4 is 34.4 Å². The van der Waals surface area contributed by atoms with Crippen molar-refractivity contribution < 1.29 is 14.3 Å². The Balaban J connectivity index is 1.51. The lowest BCUT2D eigenvalue weighted by atomic mass is 9.73. The third kappa shape index (κ3) is 2.84. The van der Waals surface area contributed by atoms with Gasteiger partial charge in [-0.15, -0.1) is 11.3 Å². The van der Waals surface area contributed by atoms with Crippen molar-refractivity contribution in [3.8, 4) is 11.5 Å². The monoisotopic (exact) mass is 435 g/mol. The number of fused-ring (bicyclic) bond motifs is 2. The van der Waals surface area contributed by atoms with Crippen LogP contribution in [0.2, 0.25) is 5.02 Å². The Kier molecular flexibility index (Phi) is 4.15. The molecule has 150 valence electrons. The number of hydrogen-bond acceptors (Lipinski definition) is 5. The molecule has 4 nitrogen and oxygen atoms in total. The van der Waals surface area contributed by atoms with Crippen LogP contribution in [0.3, 0.4) is 0 Å². The van der Waals surface area contributed by atoms with Crippen molar-refractivity contribution in [2.45, 2.75) is 24.7 Å². The molecule has 1 aromatic heterocycles. The number of allylic oxidation sites excluding steroid dienone is 2. The van der Waals surface area contributed by atoms with Crippen molar-refractivity contribution in [2.75, 3.05) is 12.1 Å². The number of anilines is 1. The lowest BCUT2D eigenvalue weighted by Crippen LogP contribution is -2.29. The Hall–Kier alpha value is -2.76. The van der Waals surface area contributed by atoms with Gasteiger partial charge in [-0.25, -0.2) is 0 Å². The number of hydrogen-bond donors (Lipinski definition) is 1. The molecule has 3 heterocycles. The minimum Gasteiger partial charge on any atom is -0.454 e. The highest BCUT2D eigenvalue weighted by molar-refractivity contribution is 7.10. The highest BCUT2D eigenvalue weighted by Gasteiger charge is 2.39. The van der Waals surface area contributed by atoms with E-state index in [0.717, 1.165) is 46.0 Å². The van der Waals surface area contributed by atoms with E-state index in [1.807, 2.05) is 36.4 Å². The number of ether oxygens (including phenoxy) is 2. The summed E-state index contributed by atoms with van der Waals surface area (Å²) in [7, 11) is 0. The van der Waals surface area contributed by atoms with Gasteiger partial charge in [0, 0.05) is 51.2 Å². The molecule has 1 aliphatic carbocycles. The molecule has 1 N–H and O–H groups in total. The molecular weight excluding hydrogens is 418 g/mol. The normalized spacial score (nSPS) is 21.8. The lowest BCUT2D eigenvalue weighted by Gasteiger charge is -2.36. The molecule has 2 unspecified atom stereocenters. The van der Waals surface area contributed by atoms with Gasteiger partial charge in [0.1, 0.15) is 0 Å². The molecule has 0 saturated heterocycles. The zero-order valence-electron chi connectivity index (χ0n) is 16.0. The second kappa shape index (κ2) is 6.89. The van der Waals surface area contributed by atoms with Crippen molar-refractivity contribution in [1.82, 2.24) is 0 Å². The molecule has 3 aliphatic rings. The van der Waals surface area contributed by atoms with Crippen LogP contribution >= 0.6 is 22.9 Å². The average molecular weight is 436 g/mol. The zero-order valence-corrected chi connectivity index (χ0v) is 17.6. The van der Waals surface area contributed by atoms with Crippen molar-refractivity contribution in [3.63, 3.8) is 0 Å². The third-order valence-electron chi connectivity index (χ3n) is 6.09. The van der Waals surface area contributed by atoms with E-state index in [1.165, 1.54) is 4.88 Å². The number of halogens is 1. The van der Waals surface area contributed by atoms with Crippen molar-refractivity contribution in [3.05, 3.63) is 86.2 Å². The van der Waals surface area contributed by atoms with E-state index < -0.39 is 0 Å². The van der Waals surface area contributed by atoms with Gasteiger partial charge in [0.25, 0.3) is 0 Å². The lowest BCUT2D eigenvalue weighted by molar-refractivity contribution is -0.116. The molecule has 30 heavy (non-hydrogen) atoms. The SMILES string of the molecule is O=C1CC(c2cccs2)CC2=C1C(c1ccc(Cl)cc1)c1cc3c(cc1N2)OCO3. The van der Waals surface area contributed by atoms with Crippen molar-refractivity contribution in [2.24, 2.45) is 0 Å². The largest absolute Gasteiger partial charge is 0.454 e. The summed E-state index contributed by atoms with van der Waals surface area (Å²) in [5, 5.41) is 6.32. The summed E-state index contributed by atoms with van der Waals surface area (Å²) in [6, 6.07) is 16.0. The van der Waals surface area contributed by atoms with E-state index in [2.05, 4.69) is 22.8 Å². The molecule has 0 fully saturated rings. The molecule has 3 aromatic rings. The maximum Gasteiger partial charge on any atom is 0.231 e. The molecule has 6 rings (SSSR count). The van der Waals surface area contributed by atoms with E-state index in [9.17, 15) is 4.79 Å². The molecule has 0 bridgehead atoms. The van der Waals surface area contributed by atoms with Crippen LogP contribution in [0.25, 0.3) is 0 Å². The molecule has 0 spiro atoms. The van der Waals surface area contributed by atoms with Gasteiger partial charge in [-0.3, -0.25) is 4.79 Å². The molecule has 2 aromatic carbocycles. The van der Waals surface area contributed by atoms with E-state index >= 15 is 0 Å². The topological polar surface area (TPSA) is 47.6 Å². The Morgan fingerprint density at radius 1 is 1.03 bits per heavy atom. The van der Waals surface area contributed by atoms with E-state index in [4.69, 9.17) is 21.1 Å². The first kappa shape index (κ1) is 18.0. The summed E-state index contributed by atoms with van der Waals surface area (Å²) in [4.78, 5) is 14.7. The summed E-state index contributed by atoms with van der Waals surface area (Å²) in [6.07, 6.45) is 1.35. The van der Waals surface area contributed by atoms with E-state index in [1.54, 1.807) is 11.3 Å². The number of carbonyl (C=O) groups excluding carboxylic acids is 1. The minimum atomic E-state index is -0.153. The molecular formula is C24H18ClNO3S. The Morgan fingerprint density at radius 3 is 2.60 bits per heavy atom. The maximum absolute atomic E-state index is 13.5. The summed E-state index contributed by atoms with van der Waals surface area (Å²) in [5.41, 5.74) is 4.92. The van der Waals surface area contributed by atoms with Crippen LogP contribution in [-0.2, 0) is 4.79 Å². The van der Waals surface area contributed by atoms with Gasteiger partial charge in [0.05, 0.1) is 0 Å². The highest BCUT2D eigenvalue weighted by Crippen LogP contribution is 2.51. The first-order valence-corrected chi connectivity index (χ1v) is 11.2. The smallest absolute Gasteiger partial charge is 0.231 e. The Bertz CT molecular complexity index is 1180. The van der Waals surface area contributed by atoms with Gasteiger partial charge in [0.2, 0.25) is 6.79 Å². The predicted molar refractivity (Wildman–Crippen MR) is 118 cm³/mol. The fraction of sp³-hybridized carbons (Fsp3) is 0.208. The van der Waals surface area contributed by atoms with Crippen LogP contribution in [0.1, 0.15) is 40.7 Å². The first-order valence-electron chi connectivity index (χ1n) is 9.93. The number of ketones is 1. The number of benzene rings is 2. The highest BCUT2D eigenvalue weighted by atomic mass is 35.5. The second-order valence-electron chi connectivity index (χ2n) is 7.84. The van der Waals surface area contributed by atoms with Crippen LogP contribution < -0.4 is 14.8 Å². The number of Topliss-reactive ketones (excluding diaryl/α,β-unsaturated/α-hetero) is 1. The second-order valence-corrected chi connectivity index (χ2v) is 9.25. The number of rotatable bonds is 2. The number of thiophene rings is 1. The van der Waals surface area contributed by atoms with E-state index in [0.29, 0.717) is 11.4 Å². The molecule has 0 radical (unpaired) electrons. The van der Waals surface area contributed by atoms with Gasteiger partial charge in [0.15, 0.2) is 17.3 Å². The van der Waals surface area contributed by atoms with Gasteiger partial charge in [-0.1, -0.05) is 29.8 Å². The number of nitrogens with one attached hydrogen (secondary N) is 1. The Morgan fingerprint density at radius 2 is 1.83 bits per heavy atom. The number of carbonyl (C=O) groups is 1. The fourth-order valence-corrected chi connectivity index (χ4v) is 5.69. The minimum absolute atomic E-state index is 0.153. The third-order valence-corrected chi connectivity index (χ3v) is 7.37. The molecule has 0 saturated carbocycles. The fourth-order valence-electron chi connectivity index (χ4n) is 4.73. The van der Waals surface area contributed by atoms with Gasteiger partial charge in [-0.05, 0) is 47.2 Å². The molecule has 2 atom stereocenters. The molecule has 6 heteroatoms. The Labute approximate surface area is 183 Å². The van der Waals surface area contributed by atoms with Crippen LogP contribution in [0.15, 0.2) is 65.2 Å².